The molecule has 0 amide bonds. The fourth-order valence-corrected chi connectivity index (χ4v) is 2.02. The van der Waals surface area contributed by atoms with Gasteiger partial charge < -0.3 is 9.52 Å². The summed E-state index contributed by atoms with van der Waals surface area (Å²) >= 11 is 0. The van der Waals surface area contributed by atoms with E-state index < -0.39 is 0 Å². The molecule has 2 heterocycles. The lowest BCUT2D eigenvalue weighted by molar-refractivity contribution is 0.126. The molecule has 1 aromatic heterocycles. The van der Waals surface area contributed by atoms with Crippen molar-refractivity contribution >= 4 is 0 Å². The summed E-state index contributed by atoms with van der Waals surface area (Å²) in [4.78, 5) is 6.56. The van der Waals surface area contributed by atoms with Gasteiger partial charge in [0.25, 0.3) is 0 Å². The van der Waals surface area contributed by atoms with E-state index in [9.17, 15) is 0 Å². The Labute approximate surface area is 89.9 Å². The van der Waals surface area contributed by atoms with Gasteiger partial charge in [-0.25, -0.2) is 4.98 Å². The maximum absolute atomic E-state index is 9.03. The van der Waals surface area contributed by atoms with Gasteiger partial charge in [0, 0.05) is 13.2 Å². The van der Waals surface area contributed by atoms with Crippen LogP contribution in [0.1, 0.15) is 24.3 Å². The molecule has 0 aliphatic carbocycles. The van der Waals surface area contributed by atoms with E-state index in [0.717, 1.165) is 43.9 Å². The predicted octanol–water partition coefficient (Wildman–Crippen LogP) is 1.19. The molecule has 1 saturated heterocycles. The Bertz CT molecular complexity index is 303. The third kappa shape index (κ3) is 2.58. The third-order valence-corrected chi connectivity index (χ3v) is 3.18. The van der Waals surface area contributed by atoms with Crippen LogP contribution < -0.4 is 0 Å². The van der Waals surface area contributed by atoms with Crippen molar-refractivity contribution in [2.75, 3.05) is 19.7 Å². The van der Waals surface area contributed by atoms with E-state index in [-0.39, 0.29) is 0 Å². The Balaban J connectivity index is 1.85. The number of aliphatic hydroxyl groups excluding tert-OH is 1. The molecule has 0 bridgehead atoms. The van der Waals surface area contributed by atoms with Gasteiger partial charge in [-0.05, 0) is 38.8 Å². The molecule has 84 valence electrons. The summed E-state index contributed by atoms with van der Waals surface area (Å²) in [5.41, 5.74) is 1.04. The van der Waals surface area contributed by atoms with Crippen molar-refractivity contribution in [1.82, 2.24) is 9.88 Å². The Morgan fingerprint density at radius 2 is 2.27 bits per heavy atom. The van der Waals surface area contributed by atoms with Crippen molar-refractivity contribution in [1.29, 1.82) is 0 Å². The van der Waals surface area contributed by atoms with Gasteiger partial charge in [-0.3, -0.25) is 4.90 Å². The second-order valence-corrected chi connectivity index (χ2v) is 4.26. The fourth-order valence-electron chi connectivity index (χ4n) is 2.02. The lowest BCUT2D eigenvalue weighted by atomic mass is 9.98. The van der Waals surface area contributed by atoms with Crippen molar-refractivity contribution < 1.29 is 9.52 Å². The second-order valence-electron chi connectivity index (χ2n) is 4.26. The predicted molar refractivity (Wildman–Crippen MR) is 56.3 cm³/mol. The van der Waals surface area contributed by atoms with Crippen LogP contribution in [0.2, 0.25) is 0 Å². The van der Waals surface area contributed by atoms with Crippen molar-refractivity contribution in [3.8, 4) is 0 Å². The van der Waals surface area contributed by atoms with E-state index in [2.05, 4.69) is 9.88 Å². The van der Waals surface area contributed by atoms with Gasteiger partial charge in [0.1, 0.15) is 5.76 Å². The number of aliphatic hydroxyl groups is 1. The van der Waals surface area contributed by atoms with Gasteiger partial charge in [0.2, 0.25) is 0 Å². The Kier molecular flexibility index (Phi) is 3.38. The molecule has 15 heavy (non-hydrogen) atoms. The minimum atomic E-state index is 0.330. The smallest absolute Gasteiger partial charge is 0.181 e. The molecule has 4 heteroatoms. The first-order valence-corrected chi connectivity index (χ1v) is 5.51. The highest BCUT2D eigenvalue weighted by Gasteiger charge is 2.19. The highest BCUT2D eigenvalue weighted by Crippen LogP contribution is 2.18. The number of hydrogen-bond acceptors (Lipinski definition) is 4. The van der Waals surface area contributed by atoms with Gasteiger partial charge in [0.15, 0.2) is 6.39 Å². The Morgan fingerprint density at radius 1 is 1.53 bits per heavy atom. The van der Waals surface area contributed by atoms with Crippen LogP contribution in [0.25, 0.3) is 0 Å². The third-order valence-electron chi connectivity index (χ3n) is 3.18. The first-order valence-electron chi connectivity index (χ1n) is 5.51. The largest absolute Gasteiger partial charge is 0.448 e. The van der Waals surface area contributed by atoms with Crippen molar-refractivity contribution in [2.24, 2.45) is 5.92 Å². The lowest BCUT2D eigenvalue weighted by Gasteiger charge is -2.30. The van der Waals surface area contributed by atoms with Crippen LogP contribution in [-0.2, 0) is 6.54 Å². The van der Waals surface area contributed by atoms with Crippen molar-refractivity contribution in [3.63, 3.8) is 0 Å². The molecule has 0 atom stereocenters. The molecule has 2 rings (SSSR count). The van der Waals surface area contributed by atoms with Crippen molar-refractivity contribution in [2.45, 2.75) is 26.3 Å². The summed E-state index contributed by atoms with van der Waals surface area (Å²) in [6, 6.07) is 0. The molecule has 4 nitrogen and oxygen atoms in total. The number of hydrogen-bond donors (Lipinski definition) is 1. The molecule has 0 spiro atoms. The Hall–Kier alpha value is -0.870. The average molecular weight is 210 g/mol. The van der Waals surface area contributed by atoms with E-state index in [1.807, 2.05) is 6.92 Å². The molecule has 0 saturated carbocycles. The number of nitrogens with zero attached hydrogens (tertiary/aromatic N) is 2. The zero-order valence-corrected chi connectivity index (χ0v) is 9.15. The van der Waals surface area contributed by atoms with E-state index >= 15 is 0 Å². The monoisotopic (exact) mass is 210 g/mol. The van der Waals surface area contributed by atoms with Crippen molar-refractivity contribution in [3.05, 3.63) is 17.8 Å². The highest BCUT2D eigenvalue weighted by molar-refractivity contribution is 5.04. The molecule has 1 fully saturated rings. The maximum Gasteiger partial charge on any atom is 0.181 e. The maximum atomic E-state index is 9.03. The second kappa shape index (κ2) is 4.77. The summed E-state index contributed by atoms with van der Waals surface area (Å²) in [5, 5.41) is 9.03. The van der Waals surface area contributed by atoms with E-state index in [1.165, 1.54) is 6.39 Å². The zero-order valence-electron chi connectivity index (χ0n) is 9.15. The molecule has 0 aromatic carbocycles. The summed E-state index contributed by atoms with van der Waals surface area (Å²) in [5.74, 6) is 1.42. The van der Waals surface area contributed by atoms with Gasteiger partial charge >= 0.3 is 0 Å². The van der Waals surface area contributed by atoms with Gasteiger partial charge in [0.05, 0.1) is 5.69 Å². The van der Waals surface area contributed by atoms with Crippen LogP contribution in [0.3, 0.4) is 0 Å². The van der Waals surface area contributed by atoms with Gasteiger partial charge in [-0.2, -0.15) is 0 Å². The molecular formula is C11H18N2O2. The first-order chi connectivity index (χ1) is 7.29. The van der Waals surface area contributed by atoms with Crippen LogP contribution in [0.4, 0.5) is 0 Å². The van der Waals surface area contributed by atoms with E-state index in [4.69, 9.17) is 9.52 Å². The number of oxazole rings is 1. The van der Waals surface area contributed by atoms with Crippen LogP contribution in [0.15, 0.2) is 10.8 Å². The van der Waals surface area contributed by atoms with E-state index in [1.54, 1.807) is 0 Å². The number of aromatic nitrogens is 1. The lowest BCUT2D eigenvalue weighted by Crippen LogP contribution is -2.34. The summed E-state index contributed by atoms with van der Waals surface area (Å²) in [6.07, 6.45) is 3.69. The molecule has 0 unspecified atom stereocenters. The topological polar surface area (TPSA) is 49.5 Å². The molecule has 1 aliphatic heterocycles. The standard InChI is InChI=1S/C11H18N2O2/c1-9-11(12-8-15-9)6-13-4-2-10(7-14)3-5-13/h8,10,14H,2-7H2,1H3. The molecule has 1 aromatic rings. The number of rotatable bonds is 3. The summed E-state index contributed by atoms with van der Waals surface area (Å²) < 4.78 is 5.17. The zero-order chi connectivity index (χ0) is 10.7. The van der Waals surface area contributed by atoms with Crippen LogP contribution in [0, 0.1) is 12.8 Å². The fraction of sp³-hybridized carbons (Fsp3) is 0.727. The minimum absolute atomic E-state index is 0.330. The Morgan fingerprint density at radius 3 is 2.80 bits per heavy atom. The van der Waals surface area contributed by atoms with Gasteiger partial charge in [-0.15, -0.1) is 0 Å². The van der Waals surface area contributed by atoms with E-state index in [0.29, 0.717) is 12.5 Å². The van der Waals surface area contributed by atoms with Crippen LogP contribution in [-0.4, -0.2) is 34.7 Å². The normalized spacial score (nSPS) is 19.6. The molecule has 1 N–H and O–H groups in total. The SMILES string of the molecule is Cc1ocnc1CN1CCC(CO)CC1. The van der Waals surface area contributed by atoms with Crippen LogP contribution >= 0.6 is 0 Å². The summed E-state index contributed by atoms with van der Waals surface area (Å²) in [7, 11) is 0. The summed E-state index contributed by atoms with van der Waals surface area (Å²) in [6.45, 7) is 5.26. The molecule has 1 aliphatic rings. The number of piperidine rings is 1. The minimum Gasteiger partial charge on any atom is -0.448 e. The van der Waals surface area contributed by atoms with Gasteiger partial charge in [-0.1, -0.05) is 0 Å². The number of aryl methyl sites for hydroxylation is 1. The first kappa shape index (κ1) is 10.6. The van der Waals surface area contributed by atoms with Crippen LogP contribution in [0.5, 0.6) is 0 Å². The number of likely N-dealkylation sites (tertiary alicyclic amines) is 1. The highest BCUT2D eigenvalue weighted by atomic mass is 16.3. The molecule has 0 radical (unpaired) electrons. The quantitative estimate of drug-likeness (QED) is 0.814. The molecular weight excluding hydrogens is 192 g/mol. The average Bonchev–Trinajstić information content (AvgIpc) is 2.66.